The largest absolute Gasteiger partial charge is 0.354 e. The van der Waals surface area contributed by atoms with Crippen LogP contribution in [0.5, 0.6) is 0 Å². The van der Waals surface area contributed by atoms with Crippen molar-refractivity contribution in [2.75, 3.05) is 6.54 Å². The molecule has 0 bridgehead atoms. The summed E-state index contributed by atoms with van der Waals surface area (Å²) in [5.41, 5.74) is 2.73. The number of hydrogen-bond acceptors (Lipinski definition) is 2. The zero-order chi connectivity index (χ0) is 21.2. The molecule has 0 aliphatic rings. The minimum absolute atomic E-state index is 0.0704. The Kier molecular flexibility index (Phi) is 8.84. The topological polar surface area (TPSA) is 49.4 Å². The predicted molar refractivity (Wildman–Crippen MR) is 114 cm³/mol. The van der Waals surface area contributed by atoms with E-state index in [1.807, 2.05) is 19.1 Å². The third-order valence-electron chi connectivity index (χ3n) is 5.07. The van der Waals surface area contributed by atoms with Crippen molar-refractivity contribution in [2.24, 2.45) is 0 Å². The quantitative estimate of drug-likeness (QED) is 0.650. The maximum atomic E-state index is 14.2. The number of carbonyl (C=O) groups excluding carboxylic acids is 2. The Morgan fingerprint density at radius 1 is 1.03 bits per heavy atom. The summed E-state index contributed by atoms with van der Waals surface area (Å²) in [5.74, 6) is -0.752. The van der Waals surface area contributed by atoms with Crippen molar-refractivity contribution in [3.05, 3.63) is 71.0 Å². The van der Waals surface area contributed by atoms with Crippen molar-refractivity contribution in [3.8, 4) is 0 Å². The van der Waals surface area contributed by atoms with E-state index >= 15 is 0 Å². The van der Waals surface area contributed by atoms with Gasteiger partial charge in [-0.1, -0.05) is 56.3 Å². The second-order valence-corrected chi connectivity index (χ2v) is 7.25. The molecule has 0 heterocycles. The molecule has 29 heavy (non-hydrogen) atoms. The summed E-state index contributed by atoms with van der Waals surface area (Å²) in [6.45, 7) is 6.39. The number of benzene rings is 2. The number of hydrogen-bond donors (Lipinski definition) is 1. The average Bonchev–Trinajstić information content (AvgIpc) is 2.75. The molecule has 0 fully saturated rings. The minimum atomic E-state index is -0.670. The second kappa shape index (κ2) is 11.3. The van der Waals surface area contributed by atoms with E-state index in [4.69, 9.17) is 0 Å². The Morgan fingerprint density at radius 3 is 2.31 bits per heavy atom. The summed E-state index contributed by atoms with van der Waals surface area (Å²) in [4.78, 5) is 26.9. The molecular formula is C24H31FN2O2. The highest BCUT2D eigenvalue weighted by Gasteiger charge is 2.26. The first-order valence-corrected chi connectivity index (χ1v) is 10.3. The zero-order valence-electron chi connectivity index (χ0n) is 17.6. The van der Waals surface area contributed by atoms with Gasteiger partial charge in [0.1, 0.15) is 11.9 Å². The van der Waals surface area contributed by atoms with Crippen LogP contribution in [-0.2, 0) is 29.0 Å². The molecule has 0 saturated carbocycles. The monoisotopic (exact) mass is 398 g/mol. The fourth-order valence-corrected chi connectivity index (χ4v) is 3.13. The molecule has 2 aromatic carbocycles. The molecule has 2 rings (SSSR count). The molecule has 156 valence electrons. The van der Waals surface area contributed by atoms with Crippen molar-refractivity contribution in [1.29, 1.82) is 0 Å². The van der Waals surface area contributed by atoms with Gasteiger partial charge < -0.3 is 10.2 Å². The third-order valence-corrected chi connectivity index (χ3v) is 5.07. The molecule has 2 amide bonds. The lowest BCUT2D eigenvalue weighted by atomic mass is 10.0. The average molecular weight is 399 g/mol. The maximum absolute atomic E-state index is 14.2. The lowest BCUT2D eigenvalue weighted by Crippen LogP contribution is -2.47. The summed E-state index contributed by atoms with van der Waals surface area (Å²) >= 11 is 0. The van der Waals surface area contributed by atoms with Crippen LogP contribution in [0.25, 0.3) is 0 Å². The first kappa shape index (κ1) is 22.6. The van der Waals surface area contributed by atoms with Crippen LogP contribution in [0, 0.1) is 5.82 Å². The lowest BCUT2D eigenvalue weighted by Gasteiger charge is -2.29. The van der Waals surface area contributed by atoms with Gasteiger partial charge in [0.25, 0.3) is 0 Å². The first-order valence-electron chi connectivity index (χ1n) is 10.3. The summed E-state index contributed by atoms with van der Waals surface area (Å²) in [7, 11) is 0. The fourth-order valence-electron chi connectivity index (χ4n) is 3.13. The number of amides is 2. The minimum Gasteiger partial charge on any atom is -0.354 e. The molecule has 0 unspecified atom stereocenters. The number of carbonyl (C=O) groups is 2. The van der Waals surface area contributed by atoms with Crippen molar-refractivity contribution < 1.29 is 14.0 Å². The van der Waals surface area contributed by atoms with Crippen molar-refractivity contribution >= 4 is 11.8 Å². The van der Waals surface area contributed by atoms with Crippen LogP contribution >= 0.6 is 0 Å². The van der Waals surface area contributed by atoms with Gasteiger partial charge in [0.05, 0.1) is 0 Å². The molecule has 4 nitrogen and oxygen atoms in total. The van der Waals surface area contributed by atoms with Crippen LogP contribution in [0.1, 0.15) is 50.3 Å². The van der Waals surface area contributed by atoms with Crippen molar-refractivity contribution in [2.45, 2.75) is 59.0 Å². The van der Waals surface area contributed by atoms with Crippen LogP contribution in [-0.4, -0.2) is 29.3 Å². The molecule has 0 aliphatic carbocycles. The second-order valence-electron chi connectivity index (χ2n) is 7.25. The highest BCUT2D eigenvalue weighted by atomic mass is 19.1. The van der Waals surface area contributed by atoms with Crippen LogP contribution in [0.15, 0.2) is 48.5 Å². The standard InChI is InChI=1S/C24H31FN2O2/c1-4-16-26-24(29)18(3)27(17-21-8-6-7-9-22(21)25)23(28)15-14-20-12-10-19(5-2)11-13-20/h6-13,18H,4-5,14-17H2,1-3H3,(H,26,29)/t18-/m1/s1. The van der Waals surface area contributed by atoms with Crippen LogP contribution in [0.2, 0.25) is 0 Å². The number of rotatable bonds is 10. The smallest absolute Gasteiger partial charge is 0.242 e. The van der Waals surface area contributed by atoms with Gasteiger partial charge in [-0.3, -0.25) is 9.59 Å². The maximum Gasteiger partial charge on any atom is 0.242 e. The highest BCUT2D eigenvalue weighted by Crippen LogP contribution is 2.15. The molecule has 0 saturated heterocycles. The molecular weight excluding hydrogens is 367 g/mol. The third kappa shape index (κ3) is 6.70. The van der Waals surface area contributed by atoms with E-state index in [9.17, 15) is 14.0 Å². The Labute approximate surface area is 173 Å². The van der Waals surface area contributed by atoms with E-state index in [-0.39, 0.29) is 30.6 Å². The van der Waals surface area contributed by atoms with Gasteiger partial charge in [0, 0.05) is 25.1 Å². The summed E-state index contributed by atoms with van der Waals surface area (Å²) < 4.78 is 14.2. The fraction of sp³-hybridized carbons (Fsp3) is 0.417. The summed E-state index contributed by atoms with van der Waals surface area (Å²) in [6, 6.07) is 13.9. The van der Waals surface area contributed by atoms with Gasteiger partial charge in [-0.25, -0.2) is 4.39 Å². The van der Waals surface area contributed by atoms with E-state index < -0.39 is 6.04 Å². The van der Waals surface area contributed by atoms with Crippen molar-refractivity contribution in [1.82, 2.24) is 10.2 Å². The predicted octanol–water partition coefficient (Wildman–Crippen LogP) is 4.26. The van der Waals surface area contributed by atoms with Gasteiger partial charge in [-0.15, -0.1) is 0 Å². The molecule has 0 aliphatic heterocycles. The molecule has 1 N–H and O–H groups in total. The lowest BCUT2D eigenvalue weighted by molar-refractivity contribution is -0.140. The van der Waals surface area contributed by atoms with Gasteiger partial charge >= 0.3 is 0 Å². The number of halogens is 1. The summed E-state index contributed by atoms with van der Waals surface area (Å²) in [5, 5.41) is 2.83. The Morgan fingerprint density at radius 2 is 1.69 bits per heavy atom. The summed E-state index contributed by atoms with van der Waals surface area (Å²) in [6.07, 6.45) is 2.64. The Balaban J connectivity index is 2.12. The van der Waals surface area contributed by atoms with Crippen LogP contribution in [0.3, 0.4) is 0 Å². The number of nitrogens with zero attached hydrogens (tertiary/aromatic N) is 1. The molecule has 1 atom stereocenters. The van der Waals surface area contributed by atoms with Gasteiger partial charge in [0.15, 0.2) is 0 Å². The first-order chi connectivity index (χ1) is 14.0. The van der Waals surface area contributed by atoms with Crippen LogP contribution < -0.4 is 5.32 Å². The highest BCUT2D eigenvalue weighted by molar-refractivity contribution is 5.87. The molecule has 0 spiro atoms. The molecule has 2 aromatic rings. The van der Waals surface area contributed by atoms with Gasteiger partial charge in [-0.05, 0) is 43.4 Å². The van der Waals surface area contributed by atoms with Gasteiger partial charge in [0.2, 0.25) is 11.8 Å². The van der Waals surface area contributed by atoms with E-state index in [1.54, 1.807) is 25.1 Å². The van der Waals surface area contributed by atoms with E-state index in [2.05, 4.69) is 24.4 Å². The SMILES string of the molecule is CCCNC(=O)[C@@H](C)N(Cc1ccccc1F)C(=O)CCc1ccc(CC)cc1. The molecule has 0 aromatic heterocycles. The van der Waals surface area contributed by atoms with E-state index in [0.29, 0.717) is 18.5 Å². The molecule has 5 heteroatoms. The van der Waals surface area contributed by atoms with Crippen molar-refractivity contribution in [3.63, 3.8) is 0 Å². The van der Waals surface area contributed by atoms with Gasteiger partial charge in [-0.2, -0.15) is 0 Å². The van der Waals surface area contributed by atoms with Crippen LogP contribution in [0.4, 0.5) is 4.39 Å². The van der Waals surface area contributed by atoms with E-state index in [1.165, 1.54) is 16.5 Å². The number of nitrogens with one attached hydrogen (secondary N) is 1. The Hall–Kier alpha value is -2.69. The molecule has 0 radical (unpaired) electrons. The zero-order valence-corrected chi connectivity index (χ0v) is 17.6. The van der Waals surface area contributed by atoms with E-state index in [0.717, 1.165) is 18.4 Å². The number of aryl methyl sites for hydroxylation is 2. The Bertz CT molecular complexity index is 805. The normalized spacial score (nSPS) is 11.7.